The molecule has 2 rings (SSSR count). The highest BCUT2D eigenvalue weighted by Crippen LogP contribution is 2.29. The van der Waals surface area contributed by atoms with Crippen LogP contribution in [0.3, 0.4) is 0 Å². The molecule has 0 fully saturated rings. The normalized spacial score (nSPS) is 10.1. The summed E-state index contributed by atoms with van der Waals surface area (Å²) >= 11 is 3.12. The van der Waals surface area contributed by atoms with Crippen LogP contribution in [-0.2, 0) is 0 Å². The maximum absolute atomic E-state index is 12.2. The van der Waals surface area contributed by atoms with Crippen molar-refractivity contribution in [2.24, 2.45) is 0 Å². The van der Waals surface area contributed by atoms with Crippen molar-refractivity contribution in [3.05, 3.63) is 74.2 Å². The number of carbonyl (C=O) groups is 1. The molecule has 0 aliphatic heterocycles. The standard InChI is InChI=1S/C13H8BrNO3/c14-12-10(7-4-8-11(12)15(17)18)13(16)9-5-2-1-3-6-9/h1-8H. The van der Waals surface area contributed by atoms with Crippen molar-refractivity contribution in [2.45, 2.75) is 0 Å². The highest BCUT2D eigenvalue weighted by Gasteiger charge is 2.20. The minimum Gasteiger partial charge on any atom is -0.289 e. The summed E-state index contributed by atoms with van der Waals surface area (Å²) in [6, 6.07) is 13.1. The number of rotatable bonds is 3. The van der Waals surface area contributed by atoms with Gasteiger partial charge in [0.25, 0.3) is 5.69 Å². The Bertz CT molecular complexity index is 611. The second-order valence-electron chi connectivity index (χ2n) is 3.59. The molecule has 0 aliphatic rings. The van der Waals surface area contributed by atoms with Gasteiger partial charge in [0.15, 0.2) is 5.78 Å². The van der Waals surface area contributed by atoms with Crippen LogP contribution in [-0.4, -0.2) is 10.7 Å². The van der Waals surface area contributed by atoms with Crippen molar-refractivity contribution < 1.29 is 9.72 Å². The van der Waals surface area contributed by atoms with E-state index in [1.54, 1.807) is 36.4 Å². The quantitative estimate of drug-likeness (QED) is 0.494. The van der Waals surface area contributed by atoms with Gasteiger partial charge in [0.2, 0.25) is 0 Å². The Hall–Kier alpha value is -2.01. The van der Waals surface area contributed by atoms with Crippen molar-refractivity contribution >= 4 is 27.4 Å². The Balaban J connectivity index is 2.50. The Morgan fingerprint density at radius 2 is 1.72 bits per heavy atom. The second-order valence-corrected chi connectivity index (χ2v) is 4.38. The molecule has 0 saturated heterocycles. The molecule has 2 aromatic rings. The maximum Gasteiger partial charge on any atom is 0.284 e. The Morgan fingerprint density at radius 3 is 2.33 bits per heavy atom. The summed E-state index contributed by atoms with van der Waals surface area (Å²) < 4.78 is 0.212. The molecular weight excluding hydrogens is 298 g/mol. The lowest BCUT2D eigenvalue weighted by atomic mass is 10.0. The highest BCUT2D eigenvalue weighted by molar-refractivity contribution is 9.10. The van der Waals surface area contributed by atoms with Crippen molar-refractivity contribution in [3.63, 3.8) is 0 Å². The van der Waals surface area contributed by atoms with E-state index in [1.165, 1.54) is 12.1 Å². The maximum atomic E-state index is 12.2. The van der Waals surface area contributed by atoms with Crippen molar-refractivity contribution in [1.29, 1.82) is 0 Å². The minimum atomic E-state index is -0.522. The molecule has 0 unspecified atom stereocenters. The van der Waals surface area contributed by atoms with Crippen LogP contribution in [0.4, 0.5) is 5.69 Å². The van der Waals surface area contributed by atoms with E-state index in [4.69, 9.17) is 0 Å². The van der Waals surface area contributed by atoms with Gasteiger partial charge < -0.3 is 0 Å². The molecule has 4 nitrogen and oxygen atoms in total. The molecule has 90 valence electrons. The molecule has 0 aromatic heterocycles. The van der Waals surface area contributed by atoms with Crippen LogP contribution in [0, 0.1) is 10.1 Å². The van der Waals surface area contributed by atoms with E-state index in [2.05, 4.69) is 15.9 Å². The van der Waals surface area contributed by atoms with Gasteiger partial charge in [-0.1, -0.05) is 36.4 Å². The fourth-order valence-corrected chi connectivity index (χ4v) is 2.17. The topological polar surface area (TPSA) is 60.2 Å². The molecule has 18 heavy (non-hydrogen) atoms. The van der Waals surface area contributed by atoms with Crippen molar-refractivity contribution in [1.82, 2.24) is 0 Å². The number of halogens is 1. The van der Waals surface area contributed by atoms with E-state index in [9.17, 15) is 14.9 Å². The molecule has 2 aromatic carbocycles. The summed E-state index contributed by atoms with van der Waals surface area (Å²) in [7, 11) is 0. The molecule has 0 aliphatic carbocycles. The van der Waals surface area contributed by atoms with Gasteiger partial charge in [-0.05, 0) is 22.0 Å². The molecule has 0 bridgehead atoms. The molecule has 0 amide bonds. The predicted octanol–water partition coefficient (Wildman–Crippen LogP) is 3.59. The van der Waals surface area contributed by atoms with Crippen LogP contribution >= 0.6 is 15.9 Å². The summed E-state index contributed by atoms with van der Waals surface area (Å²) in [4.78, 5) is 22.5. The van der Waals surface area contributed by atoms with Gasteiger partial charge in [-0.3, -0.25) is 14.9 Å². The van der Waals surface area contributed by atoms with E-state index in [0.29, 0.717) is 5.56 Å². The molecule has 0 spiro atoms. The van der Waals surface area contributed by atoms with Crippen LogP contribution in [0.25, 0.3) is 0 Å². The van der Waals surface area contributed by atoms with E-state index in [0.717, 1.165) is 0 Å². The molecule has 5 heteroatoms. The second kappa shape index (κ2) is 5.10. The molecule has 0 N–H and O–H groups in total. The first-order valence-electron chi connectivity index (χ1n) is 5.14. The van der Waals surface area contributed by atoms with Crippen LogP contribution in [0.5, 0.6) is 0 Å². The number of nitrogens with zero attached hydrogens (tertiary/aromatic N) is 1. The first-order chi connectivity index (χ1) is 8.61. The third-order valence-corrected chi connectivity index (χ3v) is 3.29. The van der Waals surface area contributed by atoms with Gasteiger partial charge in [0.05, 0.1) is 4.92 Å². The number of benzene rings is 2. The zero-order valence-corrected chi connectivity index (χ0v) is 10.8. The average Bonchev–Trinajstić information content (AvgIpc) is 2.39. The lowest BCUT2D eigenvalue weighted by Gasteiger charge is -2.04. The first-order valence-corrected chi connectivity index (χ1v) is 5.93. The highest BCUT2D eigenvalue weighted by atomic mass is 79.9. The number of hydrogen-bond donors (Lipinski definition) is 0. The fourth-order valence-electron chi connectivity index (χ4n) is 1.58. The molecule has 0 radical (unpaired) electrons. The Kier molecular flexibility index (Phi) is 3.53. The third kappa shape index (κ3) is 2.31. The van der Waals surface area contributed by atoms with Crippen LogP contribution < -0.4 is 0 Å². The van der Waals surface area contributed by atoms with E-state index in [-0.39, 0.29) is 21.5 Å². The van der Waals surface area contributed by atoms with E-state index in [1.807, 2.05) is 0 Å². The monoisotopic (exact) mass is 305 g/mol. The van der Waals surface area contributed by atoms with Gasteiger partial charge >= 0.3 is 0 Å². The predicted molar refractivity (Wildman–Crippen MR) is 70.7 cm³/mol. The lowest BCUT2D eigenvalue weighted by Crippen LogP contribution is -2.03. The Morgan fingerprint density at radius 1 is 1.06 bits per heavy atom. The summed E-state index contributed by atoms with van der Waals surface area (Å²) in [6.07, 6.45) is 0. The van der Waals surface area contributed by atoms with Crippen LogP contribution in [0.2, 0.25) is 0 Å². The van der Waals surface area contributed by atoms with E-state index >= 15 is 0 Å². The first kappa shape index (κ1) is 12.4. The molecular formula is C13H8BrNO3. The average molecular weight is 306 g/mol. The van der Waals surface area contributed by atoms with Gasteiger partial charge in [0, 0.05) is 17.2 Å². The molecule has 0 atom stereocenters. The van der Waals surface area contributed by atoms with Gasteiger partial charge in [-0.25, -0.2) is 0 Å². The summed E-state index contributed by atoms with van der Waals surface area (Å²) in [5.41, 5.74) is 0.672. The third-order valence-electron chi connectivity index (χ3n) is 2.46. The largest absolute Gasteiger partial charge is 0.289 e. The summed E-state index contributed by atoms with van der Waals surface area (Å²) in [5.74, 6) is -0.244. The number of hydrogen-bond acceptors (Lipinski definition) is 3. The fraction of sp³-hybridized carbons (Fsp3) is 0. The lowest BCUT2D eigenvalue weighted by molar-refractivity contribution is -0.385. The summed E-state index contributed by atoms with van der Waals surface area (Å²) in [5, 5.41) is 10.8. The minimum absolute atomic E-state index is 0.114. The number of carbonyl (C=O) groups excluding carboxylic acids is 1. The van der Waals surface area contributed by atoms with Gasteiger partial charge in [-0.2, -0.15) is 0 Å². The Labute approximate surface area is 112 Å². The number of nitro benzene ring substituents is 1. The van der Waals surface area contributed by atoms with Gasteiger partial charge in [-0.15, -0.1) is 0 Å². The molecule has 0 heterocycles. The van der Waals surface area contributed by atoms with E-state index < -0.39 is 4.92 Å². The zero-order valence-electron chi connectivity index (χ0n) is 9.17. The van der Waals surface area contributed by atoms with Crippen molar-refractivity contribution in [3.8, 4) is 0 Å². The summed E-state index contributed by atoms with van der Waals surface area (Å²) in [6.45, 7) is 0. The molecule has 0 saturated carbocycles. The zero-order chi connectivity index (χ0) is 13.1. The van der Waals surface area contributed by atoms with Crippen molar-refractivity contribution in [2.75, 3.05) is 0 Å². The van der Waals surface area contributed by atoms with Crippen LogP contribution in [0.1, 0.15) is 15.9 Å². The number of nitro groups is 1. The van der Waals surface area contributed by atoms with Crippen LogP contribution in [0.15, 0.2) is 53.0 Å². The number of ketones is 1. The van der Waals surface area contributed by atoms with Gasteiger partial charge in [0.1, 0.15) is 4.47 Å². The SMILES string of the molecule is O=C(c1ccccc1)c1cccc([N+](=O)[O-])c1Br. The smallest absolute Gasteiger partial charge is 0.284 e.